The van der Waals surface area contributed by atoms with E-state index in [4.69, 9.17) is 5.73 Å². The van der Waals surface area contributed by atoms with Crippen molar-refractivity contribution in [3.63, 3.8) is 0 Å². The summed E-state index contributed by atoms with van der Waals surface area (Å²) in [7, 11) is -3.41. The fourth-order valence-corrected chi connectivity index (χ4v) is 3.24. The standard InChI is InChI=1S/C13H18F3NO2S/c1-3-9(2)20(18,19)8-12(17)10-5-4-6-11(7-10)13(14,15)16/h4-7,9,12H,3,8,17H2,1-2H3. The molecule has 0 saturated heterocycles. The zero-order valence-electron chi connectivity index (χ0n) is 11.3. The van der Waals surface area contributed by atoms with Crippen LogP contribution < -0.4 is 5.73 Å². The molecule has 2 atom stereocenters. The second-order valence-corrected chi connectivity index (χ2v) is 7.24. The quantitative estimate of drug-likeness (QED) is 0.909. The first kappa shape index (κ1) is 17.0. The fraction of sp³-hybridized carbons (Fsp3) is 0.538. The van der Waals surface area contributed by atoms with E-state index in [2.05, 4.69) is 0 Å². The van der Waals surface area contributed by atoms with Crippen molar-refractivity contribution in [3.05, 3.63) is 35.4 Å². The molecule has 0 aliphatic carbocycles. The summed E-state index contributed by atoms with van der Waals surface area (Å²) in [6.45, 7) is 3.30. The number of rotatable bonds is 5. The molecule has 2 unspecified atom stereocenters. The van der Waals surface area contributed by atoms with Crippen LogP contribution in [0.2, 0.25) is 0 Å². The second-order valence-electron chi connectivity index (χ2n) is 4.78. The summed E-state index contributed by atoms with van der Waals surface area (Å²) >= 11 is 0. The number of alkyl halides is 3. The summed E-state index contributed by atoms with van der Waals surface area (Å²) in [5.74, 6) is -0.358. The van der Waals surface area contributed by atoms with Crippen LogP contribution in [0.25, 0.3) is 0 Å². The first-order valence-electron chi connectivity index (χ1n) is 6.22. The monoisotopic (exact) mass is 309 g/mol. The number of hydrogen-bond acceptors (Lipinski definition) is 3. The Hall–Kier alpha value is -1.08. The van der Waals surface area contributed by atoms with Gasteiger partial charge in [-0.3, -0.25) is 0 Å². The fourth-order valence-electron chi connectivity index (χ4n) is 1.71. The molecule has 20 heavy (non-hydrogen) atoms. The summed E-state index contributed by atoms with van der Waals surface area (Å²) < 4.78 is 61.6. The van der Waals surface area contributed by atoms with Crippen molar-refractivity contribution in [3.8, 4) is 0 Å². The predicted molar refractivity (Wildman–Crippen MR) is 71.9 cm³/mol. The minimum atomic E-state index is -4.47. The molecule has 0 spiro atoms. The van der Waals surface area contributed by atoms with Gasteiger partial charge in [-0.1, -0.05) is 19.1 Å². The Morgan fingerprint density at radius 3 is 2.40 bits per heavy atom. The maximum atomic E-state index is 12.6. The van der Waals surface area contributed by atoms with E-state index in [1.165, 1.54) is 12.1 Å². The molecule has 0 aliphatic rings. The Kier molecular flexibility index (Phi) is 5.21. The molecule has 1 rings (SSSR count). The molecule has 1 aromatic carbocycles. The third-order valence-electron chi connectivity index (χ3n) is 3.24. The topological polar surface area (TPSA) is 60.2 Å². The highest BCUT2D eigenvalue weighted by Gasteiger charge is 2.31. The van der Waals surface area contributed by atoms with Crippen molar-refractivity contribution in [2.24, 2.45) is 5.73 Å². The van der Waals surface area contributed by atoms with E-state index in [1.807, 2.05) is 0 Å². The van der Waals surface area contributed by atoms with Crippen molar-refractivity contribution in [2.75, 3.05) is 5.75 Å². The highest BCUT2D eigenvalue weighted by molar-refractivity contribution is 7.92. The van der Waals surface area contributed by atoms with Gasteiger partial charge in [-0.15, -0.1) is 0 Å². The van der Waals surface area contributed by atoms with Gasteiger partial charge in [-0.25, -0.2) is 8.42 Å². The normalized spacial score (nSPS) is 15.9. The van der Waals surface area contributed by atoms with Gasteiger partial charge in [-0.05, 0) is 31.0 Å². The van der Waals surface area contributed by atoms with E-state index < -0.39 is 32.9 Å². The zero-order chi connectivity index (χ0) is 15.6. The number of halogens is 3. The molecular formula is C13H18F3NO2S. The van der Waals surface area contributed by atoms with Crippen LogP contribution in [0.3, 0.4) is 0 Å². The SMILES string of the molecule is CCC(C)S(=O)(=O)CC(N)c1cccc(C(F)(F)F)c1. The van der Waals surface area contributed by atoms with Crippen LogP contribution in [0.15, 0.2) is 24.3 Å². The van der Waals surface area contributed by atoms with E-state index >= 15 is 0 Å². The van der Waals surface area contributed by atoms with Gasteiger partial charge in [0.05, 0.1) is 16.6 Å². The Morgan fingerprint density at radius 1 is 1.30 bits per heavy atom. The molecule has 2 N–H and O–H groups in total. The minimum absolute atomic E-state index is 0.173. The van der Waals surface area contributed by atoms with Gasteiger partial charge in [0.1, 0.15) is 0 Å². The molecule has 0 heterocycles. The molecule has 0 aromatic heterocycles. The molecule has 1 aromatic rings. The lowest BCUT2D eigenvalue weighted by atomic mass is 10.1. The minimum Gasteiger partial charge on any atom is -0.323 e. The van der Waals surface area contributed by atoms with Gasteiger partial charge in [0.15, 0.2) is 9.84 Å². The number of benzene rings is 1. The molecule has 3 nitrogen and oxygen atoms in total. The number of sulfone groups is 1. The number of nitrogens with two attached hydrogens (primary N) is 1. The lowest BCUT2D eigenvalue weighted by molar-refractivity contribution is -0.137. The first-order valence-corrected chi connectivity index (χ1v) is 7.93. The third kappa shape index (κ3) is 4.21. The summed E-state index contributed by atoms with van der Waals surface area (Å²) in [5.41, 5.74) is 5.08. The molecule has 0 amide bonds. The largest absolute Gasteiger partial charge is 0.416 e. The van der Waals surface area contributed by atoms with Crippen LogP contribution in [-0.4, -0.2) is 19.4 Å². The maximum absolute atomic E-state index is 12.6. The smallest absolute Gasteiger partial charge is 0.323 e. The Balaban J connectivity index is 2.97. The van der Waals surface area contributed by atoms with Gasteiger partial charge in [-0.2, -0.15) is 13.2 Å². The van der Waals surface area contributed by atoms with E-state index in [1.54, 1.807) is 13.8 Å². The van der Waals surface area contributed by atoms with Gasteiger partial charge >= 0.3 is 6.18 Å². The van der Waals surface area contributed by atoms with Crippen molar-refractivity contribution in [1.29, 1.82) is 0 Å². The van der Waals surface area contributed by atoms with Crippen molar-refractivity contribution >= 4 is 9.84 Å². The maximum Gasteiger partial charge on any atom is 0.416 e. The van der Waals surface area contributed by atoms with Gasteiger partial charge in [0.2, 0.25) is 0 Å². The lowest BCUT2D eigenvalue weighted by Gasteiger charge is -2.17. The van der Waals surface area contributed by atoms with E-state index in [9.17, 15) is 21.6 Å². The molecule has 0 bridgehead atoms. The van der Waals surface area contributed by atoms with E-state index in [0.717, 1.165) is 12.1 Å². The van der Waals surface area contributed by atoms with Crippen molar-refractivity contribution < 1.29 is 21.6 Å². The summed E-state index contributed by atoms with van der Waals surface area (Å²) in [6.07, 6.45) is -4.02. The van der Waals surface area contributed by atoms with Crippen LogP contribution >= 0.6 is 0 Å². The highest BCUT2D eigenvalue weighted by atomic mass is 32.2. The average molecular weight is 309 g/mol. The van der Waals surface area contributed by atoms with Crippen molar-refractivity contribution in [2.45, 2.75) is 37.7 Å². The molecule has 0 fully saturated rings. The summed E-state index contributed by atoms with van der Waals surface area (Å²) in [5, 5.41) is -0.556. The molecule has 7 heteroatoms. The van der Waals surface area contributed by atoms with Crippen LogP contribution in [0.4, 0.5) is 13.2 Å². The van der Waals surface area contributed by atoms with E-state index in [-0.39, 0.29) is 11.3 Å². The van der Waals surface area contributed by atoms with E-state index in [0.29, 0.717) is 6.42 Å². The first-order chi connectivity index (χ1) is 9.08. The van der Waals surface area contributed by atoms with Crippen LogP contribution in [0.1, 0.15) is 37.4 Å². The average Bonchev–Trinajstić information content (AvgIpc) is 2.36. The molecule has 0 radical (unpaired) electrons. The molecular weight excluding hydrogens is 291 g/mol. The third-order valence-corrected chi connectivity index (χ3v) is 5.63. The van der Waals surface area contributed by atoms with Gasteiger partial charge in [0, 0.05) is 6.04 Å². The zero-order valence-corrected chi connectivity index (χ0v) is 12.1. The van der Waals surface area contributed by atoms with Crippen LogP contribution in [-0.2, 0) is 16.0 Å². The lowest BCUT2D eigenvalue weighted by Crippen LogP contribution is -2.28. The Bertz CT molecular complexity index is 555. The highest BCUT2D eigenvalue weighted by Crippen LogP contribution is 2.30. The van der Waals surface area contributed by atoms with Crippen LogP contribution in [0.5, 0.6) is 0 Å². The predicted octanol–water partition coefficient (Wildman–Crippen LogP) is 2.92. The van der Waals surface area contributed by atoms with Crippen molar-refractivity contribution in [1.82, 2.24) is 0 Å². The summed E-state index contributed by atoms with van der Waals surface area (Å²) in [4.78, 5) is 0. The Labute approximate surface area is 116 Å². The molecule has 0 saturated carbocycles. The second kappa shape index (κ2) is 6.13. The number of hydrogen-bond donors (Lipinski definition) is 1. The van der Waals surface area contributed by atoms with Gasteiger partial charge in [0.25, 0.3) is 0 Å². The Morgan fingerprint density at radius 2 is 1.90 bits per heavy atom. The van der Waals surface area contributed by atoms with Gasteiger partial charge < -0.3 is 5.73 Å². The summed E-state index contributed by atoms with van der Waals surface area (Å²) in [6, 6.07) is 3.51. The molecule has 114 valence electrons. The van der Waals surface area contributed by atoms with Crippen LogP contribution in [0, 0.1) is 0 Å². The molecule has 0 aliphatic heterocycles.